The average Bonchev–Trinajstić information content (AvgIpc) is 3.29. The lowest BCUT2D eigenvalue weighted by Gasteiger charge is -2.17. The molecule has 0 aliphatic carbocycles. The molecule has 0 aromatic heterocycles. The maximum atomic E-state index is 12.5. The number of carboxylic acids is 2. The summed E-state index contributed by atoms with van der Waals surface area (Å²) in [6.07, 6.45) is -1.09. The normalized spacial score (nSPS) is 16.8. The van der Waals surface area contributed by atoms with Gasteiger partial charge in [-0.25, -0.2) is 9.59 Å². The molecule has 0 bridgehead atoms. The first-order valence-electron chi connectivity index (χ1n) is 11.4. The van der Waals surface area contributed by atoms with Crippen LogP contribution in [-0.4, -0.2) is 59.8 Å². The number of aromatic hydroxyl groups is 5. The Morgan fingerprint density at radius 1 is 0.846 bits per heavy atom. The summed E-state index contributed by atoms with van der Waals surface area (Å²) in [5.41, 5.74) is 0.664. The van der Waals surface area contributed by atoms with Gasteiger partial charge in [0.2, 0.25) is 6.10 Å². The van der Waals surface area contributed by atoms with Crippen LogP contribution in [0.4, 0.5) is 0 Å². The maximum Gasteiger partial charge on any atom is 0.345 e. The number of fused-ring (bicyclic) bond motifs is 1. The van der Waals surface area contributed by atoms with Crippen molar-refractivity contribution in [2.24, 2.45) is 0 Å². The number of carbonyl (C=O) groups is 3. The van der Waals surface area contributed by atoms with Crippen molar-refractivity contribution in [3.8, 4) is 34.5 Å². The maximum absolute atomic E-state index is 12.5. The van der Waals surface area contributed by atoms with Gasteiger partial charge in [-0.05, 0) is 53.1 Å². The van der Waals surface area contributed by atoms with Crippen LogP contribution < -0.4 is 4.74 Å². The van der Waals surface area contributed by atoms with Crippen LogP contribution in [0.3, 0.4) is 0 Å². The first-order chi connectivity index (χ1) is 18.5. The number of carboxylic acid groups (broad SMARTS) is 2. The highest BCUT2D eigenvalue weighted by molar-refractivity contribution is 5.91. The van der Waals surface area contributed by atoms with Gasteiger partial charge in [-0.15, -0.1) is 0 Å². The molecule has 3 unspecified atom stereocenters. The van der Waals surface area contributed by atoms with Crippen molar-refractivity contribution in [2.75, 3.05) is 0 Å². The van der Waals surface area contributed by atoms with Crippen LogP contribution in [-0.2, 0) is 25.5 Å². The summed E-state index contributed by atoms with van der Waals surface area (Å²) in [6, 6.07) is 9.83. The van der Waals surface area contributed by atoms with Gasteiger partial charge in [0.05, 0.1) is 0 Å². The molecule has 0 radical (unpaired) electrons. The van der Waals surface area contributed by atoms with Gasteiger partial charge in [-0.2, -0.15) is 0 Å². The Morgan fingerprint density at radius 3 is 2.10 bits per heavy atom. The summed E-state index contributed by atoms with van der Waals surface area (Å²) >= 11 is 0. The van der Waals surface area contributed by atoms with Crippen molar-refractivity contribution in [1.82, 2.24) is 0 Å². The Morgan fingerprint density at radius 2 is 1.49 bits per heavy atom. The van der Waals surface area contributed by atoms with E-state index in [4.69, 9.17) is 9.47 Å². The monoisotopic (exact) mass is 538 g/mol. The van der Waals surface area contributed by atoms with Crippen LogP contribution in [0.5, 0.6) is 34.5 Å². The average molecular weight is 538 g/mol. The van der Waals surface area contributed by atoms with Gasteiger partial charge in [0.15, 0.2) is 34.5 Å². The lowest BCUT2D eigenvalue weighted by atomic mass is 9.88. The molecule has 39 heavy (non-hydrogen) atoms. The van der Waals surface area contributed by atoms with Crippen molar-refractivity contribution in [1.29, 1.82) is 0 Å². The second-order valence-corrected chi connectivity index (χ2v) is 8.64. The first kappa shape index (κ1) is 26.7. The highest BCUT2D eigenvalue weighted by Crippen LogP contribution is 2.52. The minimum atomic E-state index is -1.64. The smallest absolute Gasteiger partial charge is 0.345 e. The molecule has 3 aromatic carbocycles. The number of rotatable bonds is 8. The van der Waals surface area contributed by atoms with E-state index >= 15 is 0 Å². The van der Waals surface area contributed by atoms with E-state index in [0.717, 1.165) is 30.3 Å². The summed E-state index contributed by atoms with van der Waals surface area (Å²) in [4.78, 5) is 36.4. The van der Waals surface area contributed by atoms with Crippen LogP contribution >= 0.6 is 0 Å². The highest BCUT2D eigenvalue weighted by Gasteiger charge is 2.43. The van der Waals surface area contributed by atoms with Crippen LogP contribution in [0, 0.1) is 0 Å². The predicted molar refractivity (Wildman–Crippen MR) is 132 cm³/mol. The van der Waals surface area contributed by atoms with E-state index in [0.29, 0.717) is 0 Å². The zero-order valence-corrected chi connectivity index (χ0v) is 19.9. The number of ether oxygens (including phenoxy) is 2. The molecule has 1 aliphatic rings. The fraction of sp³-hybridized carbons (Fsp3) is 0.148. The molecule has 1 heterocycles. The topological polar surface area (TPSA) is 211 Å². The molecule has 7 N–H and O–H groups in total. The summed E-state index contributed by atoms with van der Waals surface area (Å²) in [7, 11) is 0. The second kappa shape index (κ2) is 10.5. The Hall–Kier alpha value is -5.39. The van der Waals surface area contributed by atoms with E-state index in [1.807, 2.05) is 0 Å². The molecular formula is C27H22O12. The van der Waals surface area contributed by atoms with E-state index in [1.165, 1.54) is 30.3 Å². The summed E-state index contributed by atoms with van der Waals surface area (Å²) in [5, 5.41) is 68.2. The second-order valence-electron chi connectivity index (χ2n) is 8.64. The molecule has 4 rings (SSSR count). The lowest BCUT2D eigenvalue weighted by Crippen LogP contribution is -2.28. The lowest BCUT2D eigenvalue weighted by molar-refractivity contribution is -0.160. The van der Waals surface area contributed by atoms with Crippen LogP contribution in [0.25, 0.3) is 6.08 Å². The molecule has 12 nitrogen and oxygen atoms in total. The summed E-state index contributed by atoms with van der Waals surface area (Å²) < 4.78 is 10.8. The van der Waals surface area contributed by atoms with Crippen LogP contribution in [0.2, 0.25) is 0 Å². The molecular weight excluding hydrogens is 516 g/mol. The zero-order valence-electron chi connectivity index (χ0n) is 19.9. The molecule has 202 valence electrons. The molecule has 1 aliphatic heterocycles. The van der Waals surface area contributed by atoms with Crippen molar-refractivity contribution >= 4 is 24.0 Å². The largest absolute Gasteiger partial charge is 0.504 e. The highest BCUT2D eigenvalue weighted by atomic mass is 16.6. The van der Waals surface area contributed by atoms with Gasteiger partial charge >= 0.3 is 17.9 Å². The van der Waals surface area contributed by atoms with Crippen molar-refractivity contribution < 1.29 is 59.6 Å². The van der Waals surface area contributed by atoms with Crippen molar-refractivity contribution in [3.63, 3.8) is 0 Å². The number of esters is 1. The summed E-state index contributed by atoms with van der Waals surface area (Å²) in [5.74, 6) is -7.59. The Labute approximate surface area is 219 Å². The van der Waals surface area contributed by atoms with Gasteiger partial charge < -0.3 is 45.2 Å². The molecule has 12 heteroatoms. The van der Waals surface area contributed by atoms with Crippen molar-refractivity contribution in [2.45, 2.75) is 24.5 Å². The van der Waals surface area contributed by atoms with Gasteiger partial charge in [0.1, 0.15) is 12.0 Å². The third kappa shape index (κ3) is 5.49. The predicted octanol–water partition coefficient (Wildman–Crippen LogP) is 2.77. The molecule has 0 saturated heterocycles. The third-order valence-electron chi connectivity index (χ3n) is 6.06. The van der Waals surface area contributed by atoms with E-state index in [-0.39, 0.29) is 40.2 Å². The zero-order chi connectivity index (χ0) is 28.4. The van der Waals surface area contributed by atoms with E-state index < -0.39 is 59.0 Å². The Balaban J connectivity index is 1.59. The molecule has 3 aromatic rings. The number of hydrogen-bond acceptors (Lipinski definition) is 10. The third-order valence-corrected chi connectivity index (χ3v) is 6.06. The molecule has 3 atom stereocenters. The van der Waals surface area contributed by atoms with Crippen LogP contribution in [0.15, 0.2) is 54.6 Å². The quantitative estimate of drug-likeness (QED) is 0.125. The molecule has 0 amide bonds. The molecule has 0 saturated carbocycles. The number of hydrogen-bond donors (Lipinski definition) is 7. The fourth-order valence-electron chi connectivity index (χ4n) is 4.20. The fourth-order valence-corrected chi connectivity index (χ4v) is 4.20. The SMILES string of the molecule is O=C(/C=C/c1ccc(O)c2c1C(C(=O)O)C(c1ccc(O)c(O)c1)O2)OC(Cc1ccc(O)c(O)c1)C(=O)O. The number of phenolic OH excluding ortho intramolecular Hbond substituents is 5. The summed E-state index contributed by atoms with van der Waals surface area (Å²) in [6.45, 7) is 0. The standard InChI is InChI=1S/C27H22O12/c28-15-5-1-12(9-18(15)31)10-20(26(34)35)38-21(33)8-4-13-2-7-17(30)25-22(13)23(27(36)37)24(39-25)14-3-6-16(29)19(32)11-14/h1-9,11,20,23-24,28-32H,10H2,(H,34,35)(H,36,37)/b8-4+. The minimum absolute atomic E-state index is 0.0264. The first-order valence-corrected chi connectivity index (χ1v) is 11.4. The van der Waals surface area contributed by atoms with Crippen LogP contribution in [0.1, 0.15) is 34.3 Å². The number of carbonyl (C=O) groups excluding carboxylic acids is 1. The van der Waals surface area contributed by atoms with Gasteiger partial charge in [0.25, 0.3) is 0 Å². The molecule has 0 fully saturated rings. The van der Waals surface area contributed by atoms with Gasteiger partial charge in [-0.1, -0.05) is 18.2 Å². The molecule has 0 spiro atoms. The Kier molecular flexibility index (Phi) is 7.20. The van der Waals surface area contributed by atoms with E-state index in [2.05, 4.69) is 0 Å². The van der Waals surface area contributed by atoms with Gasteiger partial charge in [0, 0.05) is 18.1 Å². The minimum Gasteiger partial charge on any atom is -0.504 e. The number of benzene rings is 3. The van der Waals surface area contributed by atoms with Crippen molar-refractivity contribution in [3.05, 3.63) is 76.9 Å². The van der Waals surface area contributed by atoms with Gasteiger partial charge in [-0.3, -0.25) is 4.79 Å². The Bertz CT molecular complexity index is 1490. The number of phenols is 5. The van der Waals surface area contributed by atoms with E-state index in [1.54, 1.807) is 0 Å². The van der Waals surface area contributed by atoms with E-state index in [9.17, 15) is 50.1 Å². The number of aliphatic carboxylic acids is 2.